The predicted molar refractivity (Wildman–Crippen MR) is 105 cm³/mol. The molecule has 0 spiro atoms. The number of nitrogens with two attached hydrogens (primary N) is 1. The van der Waals surface area contributed by atoms with E-state index in [4.69, 9.17) is 19.9 Å². The summed E-state index contributed by atoms with van der Waals surface area (Å²) in [5, 5.41) is 0. The number of aromatic nitrogens is 2. The first-order valence-corrected chi connectivity index (χ1v) is 9.19. The first-order chi connectivity index (χ1) is 13.8. The molecule has 0 amide bonds. The van der Waals surface area contributed by atoms with E-state index in [1.54, 1.807) is 31.2 Å². The van der Waals surface area contributed by atoms with Crippen molar-refractivity contribution >= 4 is 5.97 Å². The summed E-state index contributed by atoms with van der Waals surface area (Å²) in [5.41, 5.74) is 5.56. The van der Waals surface area contributed by atoms with Crippen molar-refractivity contribution in [3.05, 3.63) is 67.7 Å². The van der Waals surface area contributed by atoms with Gasteiger partial charge in [-0.15, -0.1) is 0 Å². The second-order valence-corrected chi connectivity index (χ2v) is 6.43. The topological polar surface area (TPSA) is 115 Å². The minimum Gasteiger partial charge on any atom is -0.494 e. The number of carbonyl (C=O) groups is 1. The molecule has 1 aromatic heterocycles. The van der Waals surface area contributed by atoms with E-state index >= 15 is 0 Å². The summed E-state index contributed by atoms with van der Waals surface area (Å²) in [6.07, 6.45) is 0. The molecule has 0 aliphatic carbocycles. The van der Waals surface area contributed by atoms with Crippen LogP contribution in [0.5, 0.6) is 11.6 Å². The summed E-state index contributed by atoms with van der Waals surface area (Å²) in [4.78, 5) is 38.2. The molecule has 0 bridgehead atoms. The lowest BCUT2D eigenvalue weighted by atomic mass is 9.83. The molecule has 154 valence electrons. The summed E-state index contributed by atoms with van der Waals surface area (Å²) < 4.78 is 18.6. The molecule has 0 fully saturated rings. The van der Waals surface area contributed by atoms with Crippen LogP contribution in [0.2, 0.25) is 0 Å². The van der Waals surface area contributed by atoms with Crippen LogP contribution in [-0.2, 0) is 23.6 Å². The van der Waals surface area contributed by atoms with Crippen molar-refractivity contribution in [1.29, 1.82) is 0 Å². The lowest BCUT2D eigenvalue weighted by molar-refractivity contribution is -0.139. The number of nitrogens with zero attached hydrogens (tertiary/aromatic N) is 2. The van der Waals surface area contributed by atoms with Gasteiger partial charge >= 0.3 is 11.7 Å². The maximum absolute atomic E-state index is 13.1. The van der Waals surface area contributed by atoms with Crippen molar-refractivity contribution in [3.8, 4) is 11.6 Å². The molecule has 1 aliphatic heterocycles. The molecule has 0 saturated heterocycles. The molecule has 2 aromatic rings. The lowest BCUT2D eigenvalue weighted by Crippen LogP contribution is -2.43. The highest BCUT2D eigenvalue weighted by atomic mass is 16.5. The van der Waals surface area contributed by atoms with Gasteiger partial charge in [-0.05, 0) is 19.9 Å². The van der Waals surface area contributed by atoms with Gasteiger partial charge in [-0.25, -0.2) is 9.59 Å². The SMILES string of the molecule is CCOC(=O)C1=C(N)Oc2c(c(=O)n(C)c(=O)n2C)[C@H]1c1ccccc1OCC. The van der Waals surface area contributed by atoms with E-state index in [-0.39, 0.29) is 29.5 Å². The minimum atomic E-state index is -0.925. The van der Waals surface area contributed by atoms with Gasteiger partial charge in [0.15, 0.2) is 0 Å². The number of benzene rings is 1. The van der Waals surface area contributed by atoms with Crippen LogP contribution in [0.3, 0.4) is 0 Å². The first-order valence-electron chi connectivity index (χ1n) is 9.19. The lowest BCUT2D eigenvalue weighted by Gasteiger charge is -2.29. The van der Waals surface area contributed by atoms with Gasteiger partial charge in [0.05, 0.1) is 24.7 Å². The summed E-state index contributed by atoms with van der Waals surface area (Å²) >= 11 is 0. The Kier molecular flexibility index (Phi) is 5.49. The predicted octanol–water partition coefficient (Wildman–Crippen LogP) is 0.740. The third kappa shape index (κ3) is 3.28. The average Bonchev–Trinajstić information content (AvgIpc) is 2.70. The highest BCUT2D eigenvalue weighted by Gasteiger charge is 2.40. The van der Waals surface area contributed by atoms with Crippen molar-refractivity contribution in [2.45, 2.75) is 19.8 Å². The smallest absolute Gasteiger partial charge is 0.340 e. The zero-order valence-electron chi connectivity index (χ0n) is 16.7. The zero-order chi connectivity index (χ0) is 21.3. The first kappa shape index (κ1) is 20.2. The van der Waals surface area contributed by atoms with Crippen LogP contribution in [0.4, 0.5) is 0 Å². The van der Waals surface area contributed by atoms with E-state index in [1.165, 1.54) is 18.7 Å². The van der Waals surface area contributed by atoms with Crippen LogP contribution in [-0.4, -0.2) is 28.3 Å². The van der Waals surface area contributed by atoms with Crippen molar-refractivity contribution in [1.82, 2.24) is 9.13 Å². The molecule has 0 saturated carbocycles. The van der Waals surface area contributed by atoms with E-state index in [0.29, 0.717) is 17.9 Å². The molecule has 0 radical (unpaired) electrons. The molecule has 0 unspecified atom stereocenters. The second kappa shape index (κ2) is 7.86. The van der Waals surface area contributed by atoms with Crippen LogP contribution in [0.1, 0.15) is 30.9 Å². The fraction of sp³-hybridized carbons (Fsp3) is 0.350. The van der Waals surface area contributed by atoms with Crippen molar-refractivity contribution < 1.29 is 19.0 Å². The molecule has 9 heteroatoms. The van der Waals surface area contributed by atoms with E-state index in [1.807, 2.05) is 6.92 Å². The van der Waals surface area contributed by atoms with E-state index in [2.05, 4.69) is 0 Å². The molecule has 1 aromatic carbocycles. The van der Waals surface area contributed by atoms with Gasteiger partial charge in [0.1, 0.15) is 11.3 Å². The van der Waals surface area contributed by atoms with Gasteiger partial charge in [-0.3, -0.25) is 13.9 Å². The van der Waals surface area contributed by atoms with Crippen molar-refractivity contribution in [2.24, 2.45) is 19.8 Å². The van der Waals surface area contributed by atoms with Crippen LogP contribution >= 0.6 is 0 Å². The highest BCUT2D eigenvalue weighted by molar-refractivity contribution is 5.92. The standard InChI is InChI=1S/C20H23N3O6/c1-5-27-12-10-8-7-9-11(12)13-14(19(25)28-6-2)16(21)29-18-15(13)17(24)22(3)20(26)23(18)4/h7-10,13H,5-6,21H2,1-4H3/t13-/m0/s1. The maximum atomic E-state index is 13.1. The van der Waals surface area contributed by atoms with Crippen molar-refractivity contribution in [2.75, 3.05) is 13.2 Å². The fourth-order valence-electron chi connectivity index (χ4n) is 3.41. The monoisotopic (exact) mass is 401 g/mol. The number of rotatable bonds is 5. The number of hydrogen-bond donors (Lipinski definition) is 1. The Balaban J connectivity index is 2.41. The molecule has 2 N–H and O–H groups in total. The normalized spacial score (nSPS) is 15.5. The number of para-hydroxylation sites is 1. The van der Waals surface area contributed by atoms with Crippen LogP contribution in [0.25, 0.3) is 0 Å². The summed E-state index contributed by atoms with van der Waals surface area (Å²) in [6.45, 7) is 3.99. The van der Waals surface area contributed by atoms with Gasteiger partial charge in [-0.1, -0.05) is 18.2 Å². The van der Waals surface area contributed by atoms with E-state index < -0.39 is 23.1 Å². The molecule has 1 atom stereocenters. The summed E-state index contributed by atoms with van der Waals surface area (Å²) in [7, 11) is 2.83. The maximum Gasteiger partial charge on any atom is 0.340 e. The number of hydrogen-bond acceptors (Lipinski definition) is 7. The Labute approximate surface area is 166 Å². The third-order valence-electron chi connectivity index (χ3n) is 4.72. The molecular formula is C20H23N3O6. The van der Waals surface area contributed by atoms with Gasteiger partial charge in [-0.2, -0.15) is 0 Å². The van der Waals surface area contributed by atoms with Gasteiger partial charge in [0, 0.05) is 19.7 Å². The van der Waals surface area contributed by atoms with Gasteiger partial charge in [0.2, 0.25) is 11.8 Å². The molecule has 29 heavy (non-hydrogen) atoms. The Morgan fingerprint density at radius 2 is 1.83 bits per heavy atom. The highest BCUT2D eigenvalue weighted by Crippen LogP contribution is 2.43. The van der Waals surface area contributed by atoms with Gasteiger partial charge in [0.25, 0.3) is 5.56 Å². The zero-order valence-corrected chi connectivity index (χ0v) is 16.7. The van der Waals surface area contributed by atoms with Crippen LogP contribution in [0.15, 0.2) is 45.3 Å². The van der Waals surface area contributed by atoms with Gasteiger partial charge < -0.3 is 19.9 Å². The van der Waals surface area contributed by atoms with Crippen LogP contribution in [0, 0.1) is 0 Å². The molecular weight excluding hydrogens is 378 g/mol. The molecule has 3 rings (SSSR count). The number of fused-ring (bicyclic) bond motifs is 1. The Morgan fingerprint density at radius 1 is 1.14 bits per heavy atom. The minimum absolute atomic E-state index is 0.0118. The Bertz CT molecular complexity index is 1110. The summed E-state index contributed by atoms with van der Waals surface area (Å²) in [6, 6.07) is 7.02. The Morgan fingerprint density at radius 3 is 2.48 bits per heavy atom. The Hall–Kier alpha value is -3.49. The average molecular weight is 401 g/mol. The number of carbonyl (C=O) groups excluding carboxylic acids is 1. The largest absolute Gasteiger partial charge is 0.494 e. The summed E-state index contributed by atoms with van der Waals surface area (Å²) in [5.74, 6) is -1.39. The van der Waals surface area contributed by atoms with E-state index in [9.17, 15) is 14.4 Å². The molecule has 2 heterocycles. The van der Waals surface area contributed by atoms with Crippen LogP contribution < -0.4 is 26.5 Å². The number of esters is 1. The number of ether oxygens (including phenoxy) is 3. The fourth-order valence-corrected chi connectivity index (χ4v) is 3.41. The quantitative estimate of drug-likeness (QED) is 0.735. The van der Waals surface area contributed by atoms with E-state index in [0.717, 1.165) is 4.57 Å². The van der Waals surface area contributed by atoms with Crippen molar-refractivity contribution in [3.63, 3.8) is 0 Å². The molecule has 9 nitrogen and oxygen atoms in total. The molecule has 1 aliphatic rings. The third-order valence-corrected chi connectivity index (χ3v) is 4.72. The second-order valence-electron chi connectivity index (χ2n) is 6.43.